The van der Waals surface area contributed by atoms with Gasteiger partial charge >= 0.3 is 0 Å². The van der Waals surface area contributed by atoms with Gasteiger partial charge in [0, 0.05) is 12.1 Å². The first-order chi connectivity index (χ1) is 12.0. The molecule has 0 amide bonds. The molecule has 0 unspecified atom stereocenters. The first kappa shape index (κ1) is 19.9. The molecule has 2 rings (SSSR count). The monoisotopic (exact) mass is 376 g/mol. The summed E-state index contributed by atoms with van der Waals surface area (Å²) in [6, 6.07) is 9.46. The van der Waals surface area contributed by atoms with Gasteiger partial charge in [-0.15, -0.1) is 0 Å². The fourth-order valence-corrected chi connectivity index (χ4v) is 3.83. The summed E-state index contributed by atoms with van der Waals surface area (Å²) in [5.74, 6) is -0.161. The molecule has 0 bridgehead atoms. The maximum Gasteiger partial charge on any atom is 0.270 e. The largest absolute Gasteiger partial charge is 0.279 e. The van der Waals surface area contributed by atoms with Crippen LogP contribution in [-0.2, 0) is 10.0 Å². The Morgan fingerprint density at radius 2 is 1.42 bits per heavy atom. The number of aryl methyl sites for hydroxylation is 1. The highest BCUT2D eigenvalue weighted by Gasteiger charge is 2.24. The second-order valence-corrected chi connectivity index (χ2v) is 8.67. The molecular formula is C19H24N2O4S. The molecule has 0 fully saturated rings. The van der Waals surface area contributed by atoms with Crippen molar-refractivity contribution < 1.29 is 13.3 Å². The van der Waals surface area contributed by atoms with Crippen LogP contribution in [-0.4, -0.2) is 13.3 Å². The SMILES string of the molecule is Cc1ccc(S(=O)(=O)Nc2c(C(C)C)cc([N+](=O)[O-])cc2C(C)C)cc1. The fraction of sp³-hybridized carbons (Fsp3) is 0.368. The molecule has 0 saturated heterocycles. The zero-order valence-electron chi connectivity index (χ0n) is 15.6. The van der Waals surface area contributed by atoms with Crippen LogP contribution in [0.1, 0.15) is 56.2 Å². The minimum atomic E-state index is -3.80. The van der Waals surface area contributed by atoms with E-state index in [1.807, 2.05) is 34.6 Å². The quantitative estimate of drug-likeness (QED) is 0.570. The van der Waals surface area contributed by atoms with Crippen molar-refractivity contribution in [2.75, 3.05) is 4.72 Å². The van der Waals surface area contributed by atoms with Crippen LogP contribution < -0.4 is 4.72 Å². The molecule has 0 saturated carbocycles. The molecule has 0 aliphatic rings. The number of anilines is 1. The minimum Gasteiger partial charge on any atom is -0.279 e. The van der Waals surface area contributed by atoms with E-state index in [2.05, 4.69) is 4.72 Å². The van der Waals surface area contributed by atoms with Gasteiger partial charge in [-0.2, -0.15) is 0 Å². The van der Waals surface area contributed by atoms with Gasteiger partial charge in [0.05, 0.1) is 15.5 Å². The lowest BCUT2D eigenvalue weighted by molar-refractivity contribution is -0.385. The molecule has 2 aromatic rings. The Labute approximate surface area is 154 Å². The molecule has 26 heavy (non-hydrogen) atoms. The van der Waals surface area contributed by atoms with Crippen LogP contribution in [0.5, 0.6) is 0 Å². The summed E-state index contributed by atoms with van der Waals surface area (Å²) in [4.78, 5) is 11.0. The fourth-order valence-electron chi connectivity index (χ4n) is 2.72. The lowest BCUT2D eigenvalue weighted by atomic mass is 9.92. The van der Waals surface area contributed by atoms with Gasteiger partial charge in [0.2, 0.25) is 0 Å². The van der Waals surface area contributed by atoms with Gasteiger partial charge in [0.25, 0.3) is 15.7 Å². The number of non-ortho nitro benzene ring substituents is 1. The van der Waals surface area contributed by atoms with Crippen LogP contribution in [0.3, 0.4) is 0 Å². The molecule has 0 aromatic heterocycles. The molecule has 2 aromatic carbocycles. The van der Waals surface area contributed by atoms with Crippen LogP contribution in [0, 0.1) is 17.0 Å². The second-order valence-electron chi connectivity index (χ2n) is 6.98. The Morgan fingerprint density at radius 1 is 0.962 bits per heavy atom. The molecule has 0 atom stereocenters. The van der Waals surface area contributed by atoms with Crippen LogP contribution in [0.25, 0.3) is 0 Å². The van der Waals surface area contributed by atoms with E-state index in [-0.39, 0.29) is 22.4 Å². The van der Waals surface area contributed by atoms with Gasteiger partial charge in [-0.1, -0.05) is 45.4 Å². The summed E-state index contributed by atoms with van der Waals surface area (Å²) in [5.41, 5.74) is 2.58. The summed E-state index contributed by atoms with van der Waals surface area (Å²) in [6.07, 6.45) is 0. The van der Waals surface area contributed by atoms with E-state index in [0.717, 1.165) is 5.56 Å². The lowest BCUT2D eigenvalue weighted by Crippen LogP contribution is -2.17. The minimum absolute atomic E-state index is 0.0318. The maximum atomic E-state index is 12.8. The highest BCUT2D eigenvalue weighted by Crippen LogP contribution is 2.37. The Hall–Kier alpha value is -2.41. The number of nitro groups is 1. The number of benzene rings is 2. The Morgan fingerprint density at radius 3 is 1.81 bits per heavy atom. The van der Waals surface area contributed by atoms with E-state index in [1.54, 1.807) is 24.3 Å². The lowest BCUT2D eigenvalue weighted by Gasteiger charge is -2.21. The maximum absolute atomic E-state index is 12.8. The Bertz CT molecular complexity index is 888. The zero-order chi connectivity index (χ0) is 19.6. The molecule has 7 heteroatoms. The van der Waals surface area contributed by atoms with E-state index in [1.165, 1.54) is 12.1 Å². The number of rotatable bonds is 6. The number of nitrogens with zero attached hydrogens (tertiary/aromatic N) is 1. The van der Waals surface area contributed by atoms with Gasteiger partial charge in [0.15, 0.2) is 0 Å². The normalized spacial score (nSPS) is 11.8. The predicted octanol–water partition coefficient (Wildman–Crippen LogP) is 4.95. The van der Waals surface area contributed by atoms with Crippen molar-refractivity contribution in [2.45, 2.75) is 51.3 Å². The van der Waals surface area contributed by atoms with Crippen molar-refractivity contribution in [3.05, 3.63) is 63.2 Å². The number of nitrogens with one attached hydrogen (secondary N) is 1. The Kier molecular flexibility index (Phi) is 5.71. The highest BCUT2D eigenvalue weighted by molar-refractivity contribution is 7.92. The predicted molar refractivity (Wildman–Crippen MR) is 103 cm³/mol. The van der Waals surface area contributed by atoms with Crippen molar-refractivity contribution in [2.24, 2.45) is 0 Å². The third-order valence-electron chi connectivity index (χ3n) is 4.21. The Balaban J connectivity index is 2.63. The van der Waals surface area contributed by atoms with E-state index in [9.17, 15) is 18.5 Å². The van der Waals surface area contributed by atoms with Crippen LogP contribution in [0.15, 0.2) is 41.3 Å². The van der Waals surface area contributed by atoms with Crippen LogP contribution in [0.2, 0.25) is 0 Å². The standard InChI is InChI=1S/C19H24N2O4S/c1-12(2)17-10-15(21(22)23)11-18(13(3)4)19(17)20-26(24,25)16-8-6-14(5)7-9-16/h6-13,20H,1-5H3. The number of sulfonamides is 1. The average molecular weight is 376 g/mol. The molecule has 1 N–H and O–H groups in total. The summed E-state index contributed by atoms with van der Waals surface area (Å²) < 4.78 is 28.3. The molecular weight excluding hydrogens is 352 g/mol. The number of nitro benzene ring substituents is 1. The van der Waals surface area contributed by atoms with Gasteiger partial charge in [-0.3, -0.25) is 14.8 Å². The molecule has 6 nitrogen and oxygen atoms in total. The average Bonchev–Trinajstić information content (AvgIpc) is 2.54. The van der Waals surface area contributed by atoms with Crippen molar-refractivity contribution in [1.29, 1.82) is 0 Å². The second kappa shape index (κ2) is 7.45. The summed E-state index contributed by atoms with van der Waals surface area (Å²) >= 11 is 0. The molecule has 140 valence electrons. The molecule has 0 aliphatic carbocycles. The van der Waals surface area contributed by atoms with Gasteiger partial charge in [-0.25, -0.2) is 8.42 Å². The molecule has 0 aliphatic heterocycles. The van der Waals surface area contributed by atoms with Crippen molar-refractivity contribution in [3.8, 4) is 0 Å². The van der Waals surface area contributed by atoms with Crippen molar-refractivity contribution >= 4 is 21.4 Å². The van der Waals surface area contributed by atoms with Crippen LogP contribution in [0.4, 0.5) is 11.4 Å². The van der Waals surface area contributed by atoms with Crippen molar-refractivity contribution in [1.82, 2.24) is 0 Å². The van der Waals surface area contributed by atoms with Gasteiger partial charge in [-0.05, 0) is 42.0 Å². The highest BCUT2D eigenvalue weighted by atomic mass is 32.2. The smallest absolute Gasteiger partial charge is 0.270 e. The molecule has 0 spiro atoms. The number of hydrogen-bond donors (Lipinski definition) is 1. The van der Waals surface area contributed by atoms with E-state index < -0.39 is 14.9 Å². The molecule has 0 radical (unpaired) electrons. The summed E-state index contributed by atoms with van der Waals surface area (Å²) in [7, 11) is -3.80. The summed E-state index contributed by atoms with van der Waals surface area (Å²) in [5, 5.41) is 11.3. The third kappa shape index (κ3) is 4.22. The third-order valence-corrected chi connectivity index (χ3v) is 5.57. The molecule has 0 heterocycles. The summed E-state index contributed by atoms with van der Waals surface area (Å²) in [6.45, 7) is 9.41. The van der Waals surface area contributed by atoms with E-state index >= 15 is 0 Å². The first-order valence-electron chi connectivity index (χ1n) is 8.44. The topological polar surface area (TPSA) is 89.3 Å². The van der Waals surface area contributed by atoms with Crippen molar-refractivity contribution in [3.63, 3.8) is 0 Å². The van der Waals surface area contributed by atoms with Crippen LogP contribution >= 0.6 is 0 Å². The van der Waals surface area contributed by atoms with Gasteiger partial charge in [0.1, 0.15) is 0 Å². The van der Waals surface area contributed by atoms with Gasteiger partial charge < -0.3 is 0 Å². The van der Waals surface area contributed by atoms with E-state index in [4.69, 9.17) is 0 Å². The van der Waals surface area contributed by atoms with E-state index in [0.29, 0.717) is 16.8 Å². The first-order valence-corrected chi connectivity index (χ1v) is 9.93. The zero-order valence-corrected chi connectivity index (χ0v) is 16.4. The number of hydrogen-bond acceptors (Lipinski definition) is 4.